The van der Waals surface area contributed by atoms with Crippen LogP contribution in [0.25, 0.3) is 11.3 Å². The van der Waals surface area contributed by atoms with Crippen LogP contribution < -0.4 is 9.64 Å². The van der Waals surface area contributed by atoms with Crippen molar-refractivity contribution in [1.82, 2.24) is 9.97 Å². The van der Waals surface area contributed by atoms with Crippen LogP contribution in [0.1, 0.15) is 18.5 Å². The van der Waals surface area contributed by atoms with Crippen molar-refractivity contribution in [2.75, 3.05) is 18.6 Å². The number of carbonyl (C=O) groups is 1. The number of rotatable bonds is 4. The summed E-state index contributed by atoms with van der Waals surface area (Å²) in [6.45, 7) is 0.288. The third-order valence-electron chi connectivity index (χ3n) is 4.17. The first kappa shape index (κ1) is 18.0. The van der Waals surface area contributed by atoms with E-state index in [-0.39, 0.29) is 18.2 Å². The summed E-state index contributed by atoms with van der Waals surface area (Å²) in [6.07, 6.45) is -3.79. The lowest BCUT2D eigenvalue weighted by Gasteiger charge is -2.22. The van der Waals surface area contributed by atoms with E-state index in [0.717, 1.165) is 6.07 Å². The maximum atomic E-state index is 13.3. The van der Waals surface area contributed by atoms with Crippen LogP contribution in [0.5, 0.6) is 5.75 Å². The number of anilines is 1. The molecule has 0 aliphatic carbocycles. The molecule has 2 aromatic rings. The molecular weight excluding hydrogens is 351 g/mol. The van der Waals surface area contributed by atoms with Gasteiger partial charge in [-0.3, -0.25) is 0 Å². The number of halogens is 3. The first-order valence-electron chi connectivity index (χ1n) is 7.90. The fourth-order valence-electron chi connectivity index (χ4n) is 2.90. The fraction of sp³-hybridized carbons (Fsp3) is 0.353. The fourth-order valence-corrected chi connectivity index (χ4v) is 2.90. The summed E-state index contributed by atoms with van der Waals surface area (Å²) >= 11 is 0. The van der Waals surface area contributed by atoms with Crippen LogP contribution in [0.3, 0.4) is 0 Å². The Hall–Kier alpha value is -2.84. The third kappa shape index (κ3) is 3.56. The average Bonchev–Trinajstić information content (AvgIpc) is 3.11. The second-order valence-corrected chi connectivity index (χ2v) is 5.86. The minimum atomic E-state index is -4.68. The number of alkyl halides is 3. The number of ether oxygens (including phenoxy) is 1. The Kier molecular flexibility index (Phi) is 4.71. The Balaban J connectivity index is 2.12. The highest BCUT2D eigenvalue weighted by atomic mass is 19.4. The van der Waals surface area contributed by atoms with E-state index in [1.165, 1.54) is 12.0 Å². The molecule has 1 aliphatic heterocycles. The van der Waals surface area contributed by atoms with Crippen LogP contribution in [-0.4, -0.2) is 40.7 Å². The Morgan fingerprint density at radius 1 is 1.31 bits per heavy atom. The molecule has 2 heterocycles. The number of carboxylic acids is 1. The van der Waals surface area contributed by atoms with Gasteiger partial charge < -0.3 is 14.7 Å². The molecule has 0 spiro atoms. The van der Waals surface area contributed by atoms with Gasteiger partial charge in [0.2, 0.25) is 5.95 Å². The molecule has 0 bridgehead atoms. The second-order valence-electron chi connectivity index (χ2n) is 5.86. The van der Waals surface area contributed by atoms with E-state index in [0.29, 0.717) is 24.2 Å². The first-order valence-corrected chi connectivity index (χ1v) is 7.90. The zero-order valence-corrected chi connectivity index (χ0v) is 13.8. The van der Waals surface area contributed by atoms with Gasteiger partial charge in [0, 0.05) is 12.1 Å². The number of methoxy groups -OCH3 is 1. The molecule has 3 rings (SSSR count). The normalized spacial score (nSPS) is 17.4. The van der Waals surface area contributed by atoms with Gasteiger partial charge in [-0.05, 0) is 31.0 Å². The SMILES string of the molecule is COc1cccc(-c2cc(C(F)(F)F)nc(N3CCC[C@H]3C(=O)O)n2)c1. The van der Waals surface area contributed by atoms with Gasteiger partial charge in [-0.25, -0.2) is 14.8 Å². The molecule has 1 aliphatic rings. The van der Waals surface area contributed by atoms with Crippen molar-refractivity contribution in [3.8, 4) is 17.0 Å². The Morgan fingerprint density at radius 2 is 2.08 bits per heavy atom. The van der Waals surface area contributed by atoms with E-state index >= 15 is 0 Å². The van der Waals surface area contributed by atoms with Crippen molar-refractivity contribution in [1.29, 1.82) is 0 Å². The van der Waals surface area contributed by atoms with Crippen molar-refractivity contribution >= 4 is 11.9 Å². The summed E-state index contributed by atoms with van der Waals surface area (Å²) in [7, 11) is 1.45. The topological polar surface area (TPSA) is 75.5 Å². The lowest BCUT2D eigenvalue weighted by Crippen LogP contribution is -2.37. The lowest BCUT2D eigenvalue weighted by molar-refractivity contribution is -0.141. The zero-order chi connectivity index (χ0) is 18.9. The van der Waals surface area contributed by atoms with Crippen molar-refractivity contribution < 1.29 is 27.8 Å². The van der Waals surface area contributed by atoms with Gasteiger partial charge in [-0.1, -0.05) is 12.1 Å². The summed E-state index contributed by atoms with van der Waals surface area (Å²) in [5, 5.41) is 9.29. The number of nitrogens with zero attached hydrogens (tertiary/aromatic N) is 3. The highest BCUT2D eigenvalue weighted by molar-refractivity contribution is 5.78. The summed E-state index contributed by atoms with van der Waals surface area (Å²) in [5.74, 6) is -0.866. The van der Waals surface area contributed by atoms with Crippen molar-refractivity contribution in [2.45, 2.75) is 25.1 Å². The molecule has 1 N–H and O–H groups in total. The Labute approximate surface area is 147 Å². The minimum absolute atomic E-state index is 0.0530. The van der Waals surface area contributed by atoms with Gasteiger partial charge in [0.1, 0.15) is 11.8 Å². The minimum Gasteiger partial charge on any atom is -0.497 e. The maximum Gasteiger partial charge on any atom is 0.433 e. The molecule has 6 nitrogen and oxygen atoms in total. The Morgan fingerprint density at radius 3 is 2.73 bits per heavy atom. The van der Waals surface area contributed by atoms with Gasteiger partial charge in [-0.2, -0.15) is 13.2 Å². The molecule has 0 saturated carbocycles. The number of hydrogen-bond donors (Lipinski definition) is 1. The summed E-state index contributed by atoms with van der Waals surface area (Å²) in [5.41, 5.74) is -0.641. The van der Waals surface area contributed by atoms with Crippen LogP contribution in [0.4, 0.5) is 19.1 Å². The van der Waals surface area contributed by atoms with Gasteiger partial charge >= 0.3 is 12.1 Å². The van der Waals surface area contributed by atoms with E-state index in [2.05, 4.69) is 9.97 Å². The highest BCUT2D eigenvalue weighted by Crippen LogP contribution is 2.34. The lowest BCUT2D eigenvalue weighted by atomic mass is 10.1. The molecule has 9 heteroatoms. The van der Waals surface area contributed by atoms with Crippen molar-refractivity contribution in [3.05, 3.63) is 36.0 Å². The maximum absolute atomic E-state index is 13.3. The molecule has 0 radical (unpaired) electrons. The van der Waals surface area contributed by atoms with Crippen molar-refractivity contribution in [3.63, 3.8) is 0 Å². The molecule has 1 aromatic heterocycles. The van der Waals surface area contributed by atoms with Crippen LogP contribution in [0.15, 0.2) is 30.3 Å². The van der Waals surface area contributed by atoms with E-state index in [9.17, 15) is 23.1 Å². The largest absolute Gasteiger partial charge is 0.497 e. The number of hydrogen-bond acceptors (Lipinski definition) is 5. The molecule has 1 atom stereocenters. The standard InChI is InChI=1S/C17H16F3N3O3/c1-26-11-5-2-4-10(8-11)12-9-14(17(18,19)20)22-16(21-12)23-7-3-6-13(23)15(24)25/h2,4-5,8-9,13H,3,6-7H2,1H3,(H,24,25)/t13-/m0/s1. The van der Waals surface area contributed by atoms with Crippen molar-refractivity contribution in [2.24, 2.45) is 0 Å². The molecule has 138 valence electrons. The predicted octanol–water partition coefficient (Wildman–Crippen LogP) is 3.22. The van der Waals surface area contributed by atoms with Crippen LogP contribution in [-0.2, 0) is 11.0 Å². The van der Waals surface area contributed by atoms with Gasteiger partial charge in [-0.15, -0.1) is 0 Å². The number of aromatic nitrogens is 2. The average molecular weight is 367 g/mol. The molecule has 26 heavy (non-hydrogen) atoms. The molecule has 0 unspecified atom stereocenters. The van der Waals surface area contributed by atoms with Gasteiger partial charge in [0.25, 0.3) is 0 Å². The number of benzene rings is 1. The van der Waals surface area contributed by atoms with E-state index in [4.69, 9.17) is 4.74 Å². The Bertz CT molecular complexity index is 826. The first-order chi connectivity index (χ1) is 12.3. The van der Waals surface area contributed by atoms with Gasteiger partial charge in [0.05, 0.1) is 12.8 Å². The molecule has 1 saturated heterocycles. The molecule has 0 amide bonds. The van der Waals surface area contributed by atoms with Crippen LogP contribution in [0, 0.1) is 0 Å². The molecular formula is C17H16F3N3O3. The van der Waals surface area contributed by atoms with E-state index in [1.54, 1.807) is 24.3 Å². The van der Waals surface area contributed by atoms with Crippen LogP contribution in [0.2, 0.25) is 0 Å². The summed E-state index contributed by atoms with van der Waals surface area (Å²) in [4.78, 5) is 20.5. The second kappa shape index (κ2) is 6.81. The van der Waals surface area contributed by atoms with E-state index in [1.807, 2.05) is 0 Å². The molecule has 1 fully saturated rings. The molecule has 1 aromatic carbocycles. The van der Waals surface area contributed by atoms with Gasteiger partial charge in [0.15, 0.2) is 5.69 Å². The van der Waals surface area contributed by atoms with E-state index < -0.39 is 23.9 Å². The van der Waals surface area contributed by atoms with Crippen LogP contribution >= 0.6 is 0 Å². The number of aliphatic carboxylic acids is 1. The quantitative estimate of drug-likeness (QED) is 0.894. The zero-order valence-electron chi connectivity index (χ0n) is 13.8. The number of carboxylic acid groups (broad SMARTS) is 1. The highest BCUT2D eigenvalue weighted by Gasteiger charge is 2.37. The smallest absolute Gasteiger partial charge is 0.433 e. The summed E-state index contributed by atoms with van der Waals surface area (Å²) in [6, 6.07) is 6.38. The third-order valence-corrected chi connectivity index (χ3v) is 4.17. The predicted molar refractivity (Wildman–Crippen MR) is 87.0 cm³/mol. The monoisotopic (exact) mass is 367 g/mol. The summed E-state index contributed by atoms with van der Waals surface area (Å²) < 4.78 is 45.0.